The molecule has 2 aromatic rings. The number of carbonyl (C=O) groups excluding carboxylic acids is 2. The molecule has 7 nitrogen and oxygen atoms in total. The predicted molar refractivity (Wildman–Crippen MR) is 113 cm³/mol. The lowest BCUT2D eigenvalue weighted by Crippen LogP contribution is -2.33. The third-order valence-electron chi connectivity index (χ3n) is 5.49. The van der Waals surface area contributed by atoms with Crippen LogP contribution in [-0.2, 0) is 9.53 Å². The van der Waals surface area contributed by atoms with Crippen LogP contribution in [-0.4, -0.2) is 38.4 Å². The second-order valence-electron chi connectivity index (χ2n) is 7.44. The van der Waals surface area contributed by atoms with Crippen molar-refractivity contribution >= 4 is 11.9 Å². The third-order valence-corrected chi connectivity index (χ3v) is 5.49. The molecule has 1 heterocycles. The Bertz CT molecular complexity index is 1000. The maximum absolute atomic E-state index is 12.8. The normalized spacial score (nSPS) is 19.7. The van der Waals surface area contributed by atoms with Crippen molar-refractivity contribution < 1.29 is 28.5 Å². The predicted octanol–water partition coefficient (Wildman–Crippen LogP) is 3.45. The first-order valence-corrected chi connectivity index (χ1v) is 10.3. The van der Waals surface area contributed by atoms with Gasteiger partial charge in [-0.15, -0.1) is 0 Å². The van der Waals surface area contributed by atoms with Crippen molar-refractivity contribution in [2.24, 2.45) is 5.92 Å². The molecule has 1 N–H and O–H groups in total. The number of fused-ring (bicyclic) bond motifs is 1. The summed E-state index contributed by atoms with van der Waals surface area (Å²) >= 11 is 0. The number of methoxy groups -OCH3 is 1. The zero-order chi connectivity index (χ0) is 21.8. The van der Waals surface area contributed by atoms with Crippen LogP contribution in [0.2, 0.25) is 0 Å². The molecular formula is C24H25NO6. The Labute approximate surface area is 180 Å². The van der Waals surface area contributed by atoms with E-state index in [4.69, 9.17) is 18.9 Å². The van der Waals surface area contributed by atoms with E-state index in [1.165, 1.54) is 0 Å². The van der Waals surface area contributed by atoms with E-state index >= 15 is 0 Å². The van der Waals surface area contributed by atoms with Gasteiger partial charge in [0.2, 0.25) is 6.79 Å². The summed E-state index contributed by atoms with van der Waals surface area (Å²) in [6.45, 7) is 2.26. The Morgan fingerprint density at radius 3 is 2.77 bits per heavy atom. The number of ether oxygens (including phenoxy) is 4. The van der Waals surface area contributed by atoms with Gasteiger partial charge in [-0.05, 0) is 55.2 Å². The average molecular weight is 423 g/mol. The average Bonchev–Trinajstić information content (AvgIpc) is 3.43. The minimum atomic E-state index is -0.473. The highest BCUT2D eigenvalue weighted by Gasteiger charge is 2.34. The number of benzene rings is 2. The van der Waals surface area contributed by atoms with Crippen molar-refractivity contribution in [3.63, 3.8) is 0 Å². The lowest BCUT2D eigenvalue weighted by atomic mass is 9.85. The first kappa shape index (κ1) is 20.8. The summed E-state index contributed by atoms with van der Waals surface area (Å²) < 4.78 is 21.3. The fourth-order valence-corrected chi connectivity index (χ4v) is 4.00. The molecule has 1 aliphatic carbocycles. The molecule has 0 unspecified atom stereocenters. The molecule has 7 heteroatoms. The summed E-state index contributed by atoms with van der Waals surface area (Å²) in [6.07, 6.45) is 4.50. The number of carbonyl (C=O) groups is 2. The Kier molecular flexibility index (Phi) is 6.11. The van der Waals surface area contributed by atoms with Crippen molar-refractivity contribution in [1.82, 2.24) is 5.32 Å². The van der Waals surface area contributed by atoms with Gasteiger partial charge in [-0.25, -0.2) is 0 Å². The minimum Gasteiger partial charge on any atom is -0.497 e. The number of hydrogen-bond acceptors (Lipinski definition) is 6. The van der Waals surface area contributed by atoms with Crippen LogP contribution >= 0.6 is 0 Å². The first-order valence-electron chi connectivity index (χ1n) is 10.3. The molecule has 0 aromatic heterocycles. The van der Waals surface area contributed by atoms with E-state index in [0.29, 0.717) is 35.8 Å². The van der Waals surface area contributed by atoms with Crippen molar-refractivity contribution in [2.45, 2.75) is 25.3 Å². The van der Waals surface area contributed by atoms with Gasteiger partial charge >= 0.3 is 5.97 Å². The van der Waals surface area contributed by atoms with E-state index in [9.17, 15) is 9.59 Å². The Balaban J connectivity index is 1.46. The highest BCUT2D eigenvalue weighted by atomic mass is 16.7. The smallest absolute Gasteiger partial charge is 0.314 e. The maximum atomic E-state index is 12.8. The molecule has 0 spiro atoms. The topological polar surface area (TPSA) is 83.1 Å². The molecule has 3 atom stereocenters. The van der Waals surface area contributed by atoms with Crippen LogP contribution in [0, 0.1) is 5.92 Å². The molecule has 2 aromatic carbocycles. The third kappa shape index (κ3) is 4.50. The molecule has 0 fully saturated rings. The Morgan fingerprint density at radius 1 is 1.13 bits per heavy atom. The van der Waals surface area contributed by atoms with Gasteiger partial charge in [-0.1, -0.05) is 24.3 Å². The lowest BCUT2D eigenvalue weighted by molar-refractivity contribution is -0.146. The van der Waals surface area contributed by atoms with E-state index in [2.05, 4.69) is 5.32 Å². The lowest BCUT2D eigenvalue weighted by Gasteiger charge is -2.23. The van der Waals surface area contributed by atoms with Crippen molar-refractivity contribution in [1.29, 1.82) is 0 Å². The zero-order valence-electron chi connectivity index (χ0n) is 17.5. The van der Waals surface area contributed by atoms with Gasteiger partial charge in [0.25, 0.3) is 5.91 Å². The maximum Gasteiger partial charge on any atom is 0.314 e. The van der Waals surface area contributed by atoms with Gasteiger partial charge < -0.3 is 24.3 Å². The molecular weight excluding hydrogens is 398 g/mol. The molecule has 2 aliphatic rings. The fourth-order valence-electron chi connectivity index (χ4n) is 4.00. The van der Waals surface area contributed by atoms with E-state index in [0.717, 1.165) is 5.56 Å². The van der Waals surface area contributed by atoms with Gasteiger partial charge in [0.05, 0.1) is 19.6 Å². The number of allylic oxidation sites excluding steroid dienone is 1. The SMILES string of the molecule is CCOC(=O)[C@H](c1cccc(OC)c1)[C@H]1C=C[C@@H](NC(=O)c2ccc3c(c2)OCO3)C1. The Hall–Kier alpha value is -3.48. The van der Waals surface area contributed by atoms with Crippen LogP contribution in [0.3, 0.4) is 0 Å². The number of nitrogens with one attached hydrogen (secondary N) is 1. The molecule has 31 heavy (non-hydrogen) atoms. The standard InChI is InChI=1S/C24H25NO6/c1-3-29-24(27)22(15-5-4-6-19(12-15)28-2)16-7-9-18(11-16)25-23(26)17-8-10-20-21(13-17)31-14-30-20/h4-10,12-13,16,18,22H,3,11,14H2,1-2H3,(H,25,26)/t16-,18+,22+/m0/s1. The summed E-state index contributed by atoms with van der Waals surface area (Å²) in [4.78, 5) is 25.5. The summed E-state index contributed by atoms with van der Waals surface area (Å²) in [7, 11) is 1.59. The number of rotatable bonds is 7. The van der Waals surface area contributed by atoms with Crippen LogP contribution in [0.15, 0.2) is 54.6 Å². The summed E-state index contributed by atoms with van der Waals surface area (Å²) in [5.74, 6) is 0.810. The second kappa shape index (κ2) is 9.12. The van der Waals surface area contributed by atoms with Crippen LogP contribution in [0.5, 0.6) is 17.2 Å². The van der Waals surface area contributed by atoms with E-state index in [1.54, 1.807) is 32.2 Å². The molecule has 1 amide bonds. The molecule has 162 valence electrons. The van der Waals surface area contributed by atoms with Gasteiger partial charge in [-0.2, -0.15) is 0 Å². The van der Waals surface area contributed by atoms with Gasteiger partial charge in [0, 0.05) is 11.6 Å². The van der Waals surface area contributed by atoms with E-state index in [1.807, 2.05) is 36.4 Å². The monoisotopic (exact) mass is 423 g/mol. The van der Waals surface area contributed by atoms with E-state index in [-0.39, 0.29) is 30.6 Å². The summed E-state index contributed by atoms with van der Waals surface area (Å²) in [6, 6.07) is 12.4. The van der Waals surface area contributed by atoms with Crippen molar-refractivity contribution in [3.8, 4) is 17.2 Å². The second-order valence-corrected chi connectivity index (χ2v) is 7.44. The summed E-state index contributed by atoms with van der Waals surface area (Å²) in [5, 5.41) is 3.02. The van der Waals surface area contributed by atoms with Crippen molar-refractivity contribution in [2.75, 3.05) is 20.5 Å². The highest BCUT2D eigenvalue weighted by Crippen LogP contribution is 2.36. The summed E-state index contributed by atoms with van der Waals surface area (Å²) in [5.41, 5.74) is 1.33. The van der Waals surface area contributed by atoms with Crippen LogP contribution in [0.1, 0.15) is 35.2 Å². The molecule has 1 aliphatic heterocycles. The molecule has 0 saturated carbocycles. The molecule has 0 saturated heterocycles. The molecule has 4 rings (SSSR count). The van der Waals surface area contributed by atoms with E-state index < -0.39 is 5.92 Å². The Morgan fingerprint density at radius 2 is 1.97 bits per heavy atom. The van der Waals surface area contributed by atoms with Gasteiger partial charge in [0.15, 0.2) is 11.5 Å². The van der Waals surface area contributed by atoms with Gasteiger partial charge in [0.1, 0.15) is 5.75 Å². The van der Waals surface area contributed by atoms with Crippen LogP contribution < -0.4 is 19.5 Å². The minimum absolute atomic E-state index is 0.104. The highest BCUT2D eigenvalue weighted by molar-refractivity contribution is 5.95. The molecule has 0 radical (unpaired) electrons. The largest absolute Gasteiger partial charge is 0.497 e. The number of amides is 1. The number of hydrogen-bond donors (Lipinski definition) is 1. The van der Waals surface area contributed by atoms with Gasteiger partial charge in [-0.3, -0.25) is 9.59 Å². The first-order chi connectivity index (χ1) is 15.1. The zero-order valence-corrected chi connectivity index (χ0v) is 17.5. The van der Waals surface area contributed by atoms with Crippen LogP contribution in [0.4, 0.5) is 0 Å². The fraction of sp³-hybridized carbons (Fsp3) is 0.333. The number of esters is 1. The molecule has 0 bridgehead atoms. The van der Waals surface area contributed by atoms with Crippen LogP contribution in [0.25, 0.3) is 0 Å². The van der Waals surface area contributed by atoms with Crippen molar-refractivity contribution in [3.05, 3.63) is 65.7 Å². The quantitative estimate of drug-likeness (QED) is 0.543.